The molecule has 0 bridgehead atoms. The first-order valence-electron chi connectivity index (χ1n) is 8.36. The normalized spacial score (nSPS) is 13.5. The van der Waals surface area contributed by atoms with Gasteiger partial charge in [-0.25, -0.2) is 4.98 Å². The number of anilines is 1. The molecule has 1 aliphatic rings. The van der Waals surface area contributed by atoms with Crippen molar-refractivity contribution in [2.45, 2.75) is 12.7 Å². The van der Waals surface area contributed by atoms with E-state index in [1.807, 2.05) is 0 Å². The zero-order chi connectivity index (χ0) is 21.0. The van der Waals surface area contributed by atoms with E-state index in [0.29, 0.717) is 16.5 Å². The number of fused-ring (bicyclic) bond motifs is 1. The van der Waals surface area contributed by atoms with Crippen LogP contribution < -0.4 is 19.7 Å². The minimum atomic E-state index is -4.51. The fourth-order valence-electron chi connectivity index (χ4n) is 2.58. The molecule has 1 aromatic carbocycles. The third kappa shape index (κ3) is 5.50. The summed E-state index contributed by atoms with van der Waals surface area (Å²) in [7, 11) is 0. The second kappa shape index (κ2) is 8.56. The van der Waals surface area contributed by atoms with Gasteiger partial charge in [0.25, 0.3) is 5.91 Å². The maximum Gasteiger partial charge on any atom is 0.422 e. The highest BCUT2D eigenvalue weighted by Crippen LogP contribution is 2.34. The van der Waals surface area contributed by atoms with Crippen molar-refractivity contribution in [3.8, 4) is 11.6 Å². The summed E-state index contributed by atoms with van der Waals surface area (Å²) in [6.45, 7) is -2.15. The van der Waals surface area contributed by atoms with Gasteiger partial charge in [-0.2, -0.15) is 13.2 Å². The molecule has 0 radical (unpaired) electrons. The minimum Gasteiger partial charge on any atom is -0.482 e. The molecule has 0 spiro atoms. The standard InChI is InChI=1S/C18H15ClF3N3O4/c19-12-3-4-14-13(6-12)25(16(27)9-28-14)8-15(26)24-7-11-2-1-5-23-17(11)29-10-18(20,21)22/h1-6H,7-10H2,(H,24,26). The van der Waals surface area contributed by atoms with Gasteiger partial charge in [-0.3, -0.25) is 14.5 Å². The number of hydrogen-bond acceptors (Lipinski definition) is 5. The van der Waals surface area contributed by atoms with Crippen molar-refractivity contribution in [1.29, 1.82) is 0 Å². The topological polar surface area (TPSA) is 80.8 Å². The molecular formula is C18H15ClF3N3O4. The first-order chi connectivity index (χ1) is 13.7. The molecule has 2 heterocycles. The van der Waals surface area contributed by atoms with E-state index in [1.54, 1.807) is 12.1 Å². The average Bonchev–Trinajstić information content (AvgIpc) is 2.67. The average molecular weight is 430 g/mol. The van der Waals surface area contributed by atoms with Crippen LogP contribution in [0.25, 0.3) is 0 Å². The summed E-state index contributed by atoms with van der Waals surface area (Å²) in [5, 5.41) is 2.91. The third-order valence-corrected chi connectivity index (χ3v) is 4.10. The summed E-state index contributed by atoms with van der Waals surface area (Å²) in [4.78, 5) is 29.5. The first-order valence-corrected chi connectivity index (χ1v) is 8.73. The van der Waals surface area contributed by atoms with Crippen molar-refractivity contribution < 1.29 is 32.2 Å². The lowest BCUT2D eigenvalue weighted by Gasteiger charge is -2.29. The van der Waals surface area contributed by atoms with E-state index in [9.17, 15) is 22.8 Å². The number of rotatable bonds is 6. The molecule has 0 fully saturated rings. The Morgan fingerprint density at radius 2 is 2.14 bits per heavy atom. The number of pyridine rings is 1. The van der Waals surface area contributed by atoms with Gasteiger partial charge in [0.2, 0.25) is 11.8 Å². The molecule has 0 unspecified atom stereocenters. The monoisotopic (exact) mass is 429 g/mol. The molecule has 0 saturated heterocycles. The maximum absolute atomic E-state index is 12.4. The van der Waals surface area contributed by atoms with Gasteiger partial charge in [-0.05, 0) is 24.3 Å². The van der Waals surface area contributed by atoms with Crippen LogP contribution in [0.15, 0.2) is 36.5 Å². The smallest absolute Gasteiger partial charge is 0.422 e. The molecule has 1 N–H and O–H groups in total. The van der Waals surface area contributed by atoms with Crippen LogP contribution in [0.1, 0.15) is 5.56 Å². The van der Waals surface area contributed by atoms with Crippen LogP contribution in [0, 0.1) is 0 Å². The second-order valence-corrected chi connectivity index (χ2v) is 6.47. The van der Waals surface area contributed by atoms with Gasteiger partial charge in [0.05, 0.1) is 5.69 Å². The molecule has 1 aliphatic heterocycles. The maximum atomic E-state index is 12.4. The fourth-order valence-corrected chi connectivity index (χ4v) is 2.75. The Morgan fingerprint density at radius 1 is 1.34 bits per heavy atom. The van der Waals surface area contributed by atoms with Crippen molar-refractivity contribution in [3.05, 3.63) is 47.1 Å². The highest BCUT2D eigenvalue weighted by Gasteiger charge is 2.29. The number of carbonyl (C=O) groups is 2. The Morgan fingerprint density at radius 3 is 2.90 bits per heavy atom. The van der Waals surface area contributed by atoms with Gasteiger partial charge in [0, 0.05) is 23.3 Å². The van der Waals surface area contributed by atoms with Crippen LogP contribution in [-0.4, -0.2) is 42.7 Å². The Bertz CT molecular complexity index is 923. The number of carbonyl (C=O) groups excluding carboxylic acids is 2. The summed E-state index contributed by atoms with van der Waals surface area (Å²) in [5.74, 6) is -0.774. The van der Waals surface area contributed by atoms with E-state index in [-0.39, 0.29) is 31.1 Å². The highest BCUT2D eigenvalue weighted by atomic mass is 35.5. The summed E-state index contributed by atoms with van der Waals surface area (Å²) >= 11 is 5.95. The molecule has 0 saturated carbocycles. The van der Waals surface area contributed by atoms with Crippen molar-refractivity contribution in [1.82, 2.24) is 10.3 Å². The van der Waals surface area contributed by atoms with E-state index in [0.717, 1.165) is 0 Å². The Hall–Kier alpha value is -3.01. The predicted molar refractivity (Wildman–Crippen MR) is 96.9 cm³/mol. The fraction of sp³-hybridized carbons (Fsp3) is 0.278. The Kier molecular flexibility index (Phi) is 6.12. The minimum absolute atomic E-state index is 0.124. The largest absolute Gasteiger partial charge is 0.482 e. The van der Waals surface area contributed by atoms with Gasteiger partial charge in [0.15, 0.2) is 13.2 Å². The predicted octanol–water partition coefficient (Wildman–Crippen LogP) is 2.72. The van der Waals surface area contributed by atoms with Gasteiger partial charge in [-0.1, -0.05) is 17.7 Å². The van der Waals surface area contributed by atoms with Crippen LogP contribution in [-0.2, 0) is 16.1 Å². The van der Waals surface area contributed by atoms with Crippen molar-refractivity contribution in [2.75, 3.05) is 24.7 Å². The molecule has 11 heteroatoms. The zero-order valence-electron chi connectivity index (χ0n) is 14.8. The Labute approximate surface area is 168 Å². The quantitative estimate of drug-likeness (QED) is 0.763. The zero-order valence-corrected chi connectivity index (χ0v) is 15.6. The molecule has 3 rings (SSSR count). The second-order valence-electron chi connectivity index (χ2n) is 6.03. The number of amides is 2. The van der Waals surface area contributed by atoms with Crippen LogP contribution in [0.5, 0.6) is 11.6 Å². The van der Waals surface area contributed by atoms with Crippen molar-refractivity contribution >= 4 is 29.1 Å². The summed E-state index contributed by atoms with van der Waals surface area (Å²) in [5.41, 5.74) is 0.626. The first kappa shape index (κ1) is 20.7. The van der Waals surface area contributed by atoms with Crippen LogP contribution >= 0.6 is 11.6 Å². The van der Waals surface area contributed by atoms with Gasteiger partial charge >= 0.3 is 6.18 Å². The lowest BCUT2D eigenvalue weighted by Crippen LogP contribution is -2.45. The lowest BCUT2D eigenvalue weighted by atomic mass is 10.2. The number of hydrogen-bond donors (Lipinski definition) is 1. The van der Waals surface area contributed by atoms with Crippen LogP contribution in [0.4, 0.5) is 18.9 Å². The number of alkyl halides is 3. The highest BCUT2D eigenvalue weighted by molar-refractivity contribution is 6.31. The molecule has 2 aromatic rings. The van der Waals surface area contributed by atoms with E-state index < -0.39 is 24.6 Å². The molecule has 1 aromatic heterocycles. The van der Waals surface area contributed by atoms with E-state index in [1.165, 1.54) is 29.3 Å². The Balaban J connectivity index is 1.64. The van der Waals surface area contributed by atoms with E-state index >= 15 is 0 Å². The summed E-state index contributed by atoms with van der Waals surface area (Å²) in [6.07, 6.45) is -3.23. The molecule has 0 aliphatic carbocycles. The molecule has 29 heavy (non-hydrogen) atoms. The van der Waals surface area contributed by atoms with Gasteiger partial charge in [0.1, 0.15) is 12.3 Å². The van der Waals surface area contributed by atoms with E-state index in [4.69, 9.17) is 16.3 Å². The van der Waals surface area contributed by atoms with E-state index in [2.05, 4.69) is 15.0 Å². The van der Waals surface area contributed by atoms with Crippen molar-refractivity contribution in [2.24, 2.45) is 0 Å². The number of ether oxygens (including phenoxy) is 2. The van der Waals surface area contributed by atoms with Crippen LogP contribution in [0.2, 0.25) is 5.02 Å². The SMILES string of the molecule is O=C(CN1C(=O)COc2ccc(Cl)cc21)NCc1cccnc1OCC(F)(F)F. The van der Waals surface area contributed by atoms with Gasteiger partial charge < -0.3 is 14.8 Å². The molecule has 7 nitrogen and oxygen atoms in total. The van der Waals surface area contributed by atoms with Crippen molar-refractivity contribution in [3.63, 3.8) is 0 Å². The summed E-state index contributed by atoms with van der Waals surface area (Å²) < 4.78 is 47.0. The number of nitrogens with one attached hydrogen (secondary N) is 1. The number of aromatic nitrogens is 1. The van der Waals surface area contributed by atoms with Gasteiger partial charge in [-0.15, -0.1) is 0 Å². The molecular weight excluding hydrogens is 415 g/mol. The number of benzene rings is 1. The molecule has 0 atom stereocenters. The third-order valence-electron chi connectivity index (χ3n) is 3.86. The molecule has 2 amide bonds. The summed E-state index contributed by atoms with van der Waals surface area (Å²) in [6, 6.07) is 7.68. The number of nitrogens with zero attached hydrogens (tertiary/aromatic N) is 2. The molecule has 154 valence electrons. The van der Waals surface area contributed by atoms with Crippen LogP contribution in [0.3, 0.4) is 0 Å². The lowest BCUT2D eigenvalue weighted by molar-refractivity contribution is -0.154. The number of halogens is 4.